The molecule has 0 spiro atoms. The van der Waals surface area contributed by atoms with Gasteiger partial charge in [0.25, 0.3) is 0 Å². The molecule has 1 amide bonds. The Kier molecular flexibility index (Phi) is 4.63. The smallest absolute Gasteiger partial charge is 0.321 e. The molecule has 0 radical (unpaired) electrons. The Labute approximate surface area is 153 Å². The van der Waals surface area contributed by atoms with Crippen LogP contribution in [0.15, 0.2) is 59.8 Å². The third-order valence-corrected chi connectivity index (χ3v) is 5.47. The summed E-state index contributed by atoms with van der Waals surface area (Å²) in [5.41, 5.74) is 1.62. The molecule has 1 atom stereocenters. The molecule has 7 heteroatoms. The van der Waals surface area contributed by atoms with E-state index in [-0.39, 0.29) is 17.1 Å². The second-order valence-corrected chi connectivity index (χ2v) is 7.29. The number of fused-ring (bicyclic) bond motifs is 1. The number of hydrogen-bond acceptors (Lipinski definition) is 3. The van der Waals surface area contributed by atoms with E-state index in [0.29, 0.717) is 11.0 Å². The third kappa shape index (κ3) is 3.44. The largest absolute Gasteiger partial charge is 0.352 e. The Morgan fingerprint density at radius 1 is 1.12 bits per heavy atom. The summed E-state index contributed by atoms with van der Waals surface area (Å²) in [6.45, 7) is -2.73. The Bertz CT molecular complexity index is 925. The van der Waals surface area contributed by atoms with E-state index >= 15 is 0 Å². The molecule has 1 heterocycles. The highest BCUT2D eigenvalue weighted by atomic mass is 32.2. The van der Waals surface area contributed by atoms with Crippen LogP contribution in [0.5, 0.6) is 0 Å². The molecule has 2 aromatic carbocycles. The molecule has 1 aliphatic carbocycles. The van der Waals surface area contributed by atoms with Gasteiger partial charge in [-0.1, -0.05) is 54.2 Å². The van der Waals surface area contributed by atoms with Gasteiger partial charge in [-0.05, 0) is 30.5 Å². The molecule has 1 fully saturated rings. The minimum atomic E-state index is -2.73. The van der Waals surface area contributed by atoms with Gasteiger partial charge in [-0.3, -0.25) is 9.36 Å². The van der Waals surface area contributed by atoms with Crippen LogP contribution >= 0.6 is 11.8 Å². The van der Waals surface area contributed by atoms with E-state index in [1.54, 1.807) is 24.3 Å². The summed E-state index contributed by atoms with van der Waals surface area (Å²) < 4.78 is 28.2. The molecule has 134 valence electrons. The molecule has 26 heavy (non-hydrogen) atoms. The molecule has 4 rings (SSSR count). The first kappa shape index (κ1) is 17.0. The minimum Gasteiger partial charge on any atom is -0.352 e. The topological polar surface area (TPSA) is 46.9 Å². The van der Waals surface area contributed by atoms with E-state index in [1.165, 1.54) is 0 Å². The third-order valence-electron chi connectivity index (χ3n) is 4.25. The first-order valence-corrected chi connectivity index (χ1v) is 9.28. The molecule has 1 aromatic heterocycles. The van der Waals surface area contributed by atoms with Crippen LogP contribution in [0.3, 0.4) is 0 Å². The van der Waals surface area contributed by atoms with Crippen LogP contribution in [0.2, 0.25) is 0 Å². The van der Waals surface area contributed by atoms with Crippen molar-refractivity contribution in [2.24, 2.45) is 0 Å². The maximum Gasteiger partial charge on any atom is 0.321 e. The number of nitrogens with zero attached hydrogens (tertiary/aromatic N) is 2. The van der Waals surface area contributed by atoms with Crippen molar-refractivity contribution < 1.29 is 13.6 Å². The molecule has 0 bridgehead atoms. The van der Waals surface area contributed by atoms with E-state index in [2.05, 4.69) is 10.3 Å². The maximum absolute atomic E-state index is 13.7. The number of aromatic nitrogens is 2. The van der Waals surface area contributed by atoms with Gasteiger partial charge in [0, 0.05) is 6.04 Å². The van der Waals surface area contributed by atoms with Crippen LogP contribution in [0.4, 0.5) is 8.78 Å². The van der Waals surface area contributed by atoms with Gasteiger partial charge in [-0.15, -0.1) is 0 Å². The fourth-order valence-corrected chi connectivity index (χ4v) is 3.93. The van der Waals surface area contributed by atoms with Crippen LogP contribution < -0.4 is 5.32 Å². The highest BCUT2D eigenvalue weighted by molar-refractivity contribution is 8.00. The molecular formula is C19H17F2N3OS. The lowest BCUT2D eigenvalue weighted by molar-refractivity contribution is -0.120. The minimum absolute atomic E-state index is 0.140. The fraction of sp³-hybridized carbons (Fsp3) is 0.263. The van der Waals surface area contributed by atoms with E-state index in [1.807, 2.05) is 30.3 Å². The second kappa shape index (κ2) is 7.07. The molecule has 4 nitrogen and oxygen atoms in total. The summed E-state index contributed by atoms with van der Waals surface area (Å²) in [5, 5.41) is 2.48. The van der Waals surface area contributed by atoms with Crippen molar-refractivity contribution >= 4 is 28.7 Å². The molecule has 0 saturated heterocycles. The Balaban J connectivity index is 1.72. The SMILES string of the molecule is O=C(NC1CC1)C(Sc1nc2ccccc2n1C(F)F)c1ccccc1. The van der Waals surface area contributed by atoms with Gasteiger partial charge in [-0.2, -0.15) is 8.78 Å². The summed E-state index contributed by atoms with van der Waals surface area (Å²) in [4.78, 5) is 17.1. The van der Waals surface area contributed by atoms with Crippen molar-refractivity contribution in [3.63, 3.8) is 0 Å². The highest BCUT2D eigenvalue weighted by Gasteiger charge is 2.31. The van der Waals surface area contributed by atoms with Crippen molar-refractivity contribution in [2.75, 3.05) is 0 Å². The number of nitrogens with one attached hydrogen (secondary N) is 1. The molecule has 1 N–H and O–H groups in total. The number of amides is 1. The zero-order valence-electron chi connectivity index (χ0n) is 13.8. The number of rotatable bonds is 6. The maximum atomic E-state index is 13.7. The highest BCUT2D eigenvalue weighted by Crippen LogP contribution is 2.39. The van der Waals surface area contributed by atoms with Crippen molar-refractivity contribution in [3.8, 4) is 0 Å². The van der Waals surface area contributed by atoms with Gasteiger partial charge in [-0.25, -0.2) is 4.98 Å². The number of carbonyl (C=O) groups is 1. The molecular weight excluding hydrogens is 356 g/mol. The van der Waals surface area contributed by atoms with Gasteiger partial charge in [0.05, 0.1) is 11.0 Å². The zero-order chi connectivity index (χ0) is 18.1. The lowest BCUT2D eigenvalue weighted by Crippen LogP contribution is -2.30. The summed E-state index contributed by atoms with van der Waals surface area (Å²) in [6, 6.07) is 16.2. The van der Waals surface area contributed by atoms with Crippen LogP contribution in [-0.2, 0) is 4.79 Å². The van der Waals surface area contributed by atoms with E-state index < -0.39 is 11.8 Å². The first-order valence-electron chi connectivity index (χ1n) is 8.40. The van der Waals surface area contributed by atoms with Crippen molar-refractivity contribution in [1.82, 2.24) is 14.9 Å². The Morgan fingerprint density at radius 2 is 1.81 bits per heavy atom. The van der Waals surface area contributed by atoms with Crippen molar-refractivity contribution in [3.05, 3.63) is 60.2 Å². The fourth-order valence-electron chi connectivity index (χ4n) is 2.80. The van der Waals surface area contributed by atoms with E-state index in [4.69, 9.17) is 0 Å². The van der Waals surface area contributed by atoms with Gasteiger partial charge < -0.3 is 5.32 Å². The van der Waals surface area contributed by atoms with E-state index in [9.17, 15) is 13.6 Å². The quantitative estimate of drug-likeness (QED) is 0.645. The van der Waals surface area contributed by atoms with Crippen LogP contribution in [0, 0.1) is 0 Å². The van der Waals surface area contributed by atoms with Gasteiger partial charge in [0.15, 0.2) is 5.16 Å². The Hall–Kier alpha value is -2.41. The number of para-hydroxylation sites is 2. The van der Waals surface area contributed by atoms with Crippen LogP contribution in [-0.4, -0.2) is 21.5 Å². The summed E-state index contributed by atoms with van der Waals surface area (Å²) in [6.07, 6.45) is 1.93. The number of benzene rings is 2. The lowest BCUT2D eigenvalue weighted by atomic mass is 10.1. The number of hydrogen-bond donors (Lipinski definition) is 1. The predicted octanol–water partition coefficient (Wildman–Crippen LogP) is 4.54. The number of carbonyl (C=O) groups excluding carboxylic acids is 1. The number of thioether (sulfide) groups is 1. The summed E-state index contributed by atoms with van der Waals surface area (Å²) in [7, 11) is 0. The monoisotopic (exact) mass is 373 g/mol. The number of halogens is 2. The predicted molar refractivity (Wildman–Crippen MR) is 97.2 cm³/mol. The molecule has 1 saturated carbocycles. The van der Waals surface area contributed by atoms with Crippen LogP contribution in [0.1, 0.15) is 30.2 Å². The van der Waals surface area contributed by atoms with E-state index in [0.717, 1.165) is 34.7 Å². The Morgan fingerprint density at radius 3 is 2.50 bits per heavy atom. The summed E-state index contributed by atoms with van der Waals surface area (Å²) >= 11 is 1.06. The first-order chi connectivity index (χ1) is 12.6. The summed E-state index contributed by atoms with van der Waals surface area (Å²) in [5.74, 6) is -0.170. The molecule has 3 aromatic rings. The number of imidazole rings is 1. The second-order valence-electron chi connectivity index (χ2n) is 6.22. The normalized spacial score (nSPS) is 15.3. The zero-order valence-corrected chi connectivity index (χ0v) is 14.6. The van der Waals surface area contributed by atoms with Crippen LogP contribution in [0.25, 0.3) is 11.0 Å². The molecule has 0 aliphatic heterocycles. The van der Waals surface area contributed by atoms with Gasteiger partial charge in [0.1, 0.15) is 5.25 Å². The lowest BCUT2D eigenvalue weighted by Gasteiger charge is -2.17. The standard InChI is InChI=1S/C19H17F2N3OS/c20-18(21)24-15-9-5-4-8-14(15)23-19(24)26-16(12-6-2-1-3-7-12)17(25)22-13-10-11-13/h1-9,13,16,18H,10-11H2,(H,22,25). The average Bonchev–Trinajstić information content (AvgIpc) is 3.37. The van der Waals surface area contributed by atoms with Crippen molar-refractivity contribution in [2.45, 2.75) is 35.8 Å². The number of alkyl halides is 2. The molecule has 1 aliphatic rings. The molecule has 1 unspecified atom stereocenters. The van der Waals surface area contributed by atoms with Gasteiger partial charge >= 0.3 is 6.55 Å². The van der Waals surface area contributed by atoms with Crippen molar-refractivity contribution in [1.29, 1.82) is 0 Å². The van der Waals surface area contributed by atoms with Gasteiger partial charge in [0.2, 0.25) is 5.91 Å². The average molecular weight is 373 g/mol.